The van der Waals surface area contributed by atoms with Crippen LogP contribution in [-0.2, 0) is 0 Å². The molecule has 0 aliphatic heterocycles. The van der Waals surface area contributed by atoms with E-state index in [9.17, 15) is 18.0 Å². The summed E-state index contributed by atoms with van der Waals surface area (Å²) in [5.74, 6) is -1.02. The van der Waals surface area contributed by atoms with Gasteiger partial charge in [0.1, 0.15) is 11.5 Å². The molecule has 18 heavy (non-hydrogen) atoms. The minimum absolute atomic E-state index is 0.134. The summed E-state index contributed by atoms with van der Waals surface area (Å²) in [6.07, 6.45) is 0. The number of nitrogens with zero attached hydrogens (tertiary/aromatic N) is 3. The Morgan fingerprint density at radius 1 is 1.39 bits per heavy atom. The lowest BCUT2D eigenvalue weighted by molar-refractivity contribution is 0.0640. The molecule has 2 aromatic rings. The fourth-order valence-corrected chi connectivity index (χ4v) is 1.67. The quantitative estimate of drug-likeness (QED) is 0.846. The molecule has 8 heteroatoms. The fourth-order valence-electron chi connectivity index (χ4n) is 1.51. The monoisotopic (exact) mass is 277 g/mol. The van der Waals surface area contributed by atoms with Gasteiger partial charge in [-0.05, 0) is 25.1 Å². The van der Waals surface area contributed by atoms with Crippen molar-refractivity contribution in [2.24, 2.45) is 0 Å². The molecule has 1 aromatic carbocycles. The molecule has 0 aliphatic rings. The topological polar surface area (TPSA) is 39.8 Å². The fraction of sp³-hybridized carbons (Fsp3) is 0.200. The Bertz CT molecular complexity index is 650. The van der Waals surface area contributed by atoms with Gasteiger partial charge in [-0.2, -0.15) is 13.5 Å². The van der Waals surface area contributed by atoms with Crippen LogP contribution >= 0.6 is 11.6 Å². The number of hydrogen-bond donors (Lipinski definition) is 0. The van der Waals surface area contributed by atoms with Crippen LogP contribution in [0.2, 0.25) is 5.02 Å². The molecule has 1 heterocycles. The zero-order chi connectivity index (χ0) is 13.4. The van der Waals surface area contributed by atoms with E-state index < -0.39 is 18.1 Å². The Kier molecular flexibility index (Phi) is 3.16. The van der Waals surface area contributed by atoms with E-state index in [-0.39, 0.29) is 21.1 Å². The van der Waals surface area contributed by atoms with Gasteiger partial charge in [0.05, 0.1) is 0 Å². The third kappa shape index (κ3) is 2.01. The van der Waals surface area contributed by atoms with Crippen molar-refractivity contribution < 1.29 is 13.2 Å². The van der Waals surface area contributed by atoms with E-state index in [2.05, 4.69) is 5.10 Å². The Balaban J connectivity index is 2.66. The van der Waals surface area contributed by atoms with Crippen molar-refractivity contribution >= 4 is 11.6 Å². The molecule has 0 fully saturated rings. The highest BCUT2D eigenvalue weighted by Gasteiger charge is 2.19. The molecule has 0 spiro atoms. The zero-order valence-electron chi connectivity index (χ0n) is 9.07. The van der Waals surface area contributed by atoms with Crippen LogP contribution in [0.1, 0.15) is 12.4 Å². The van der Waals surface area contributed by atoms with Crippen molar-refractivity contribution in [2.45, 2.75) is 13.5 Å². The van der Waals surface area contributed by atoms with Crippen molar-refractivity contribution in [3.8, 4) is 5.69 Å². The van der Waals surface area contributed by atoms with Gasteiger partial charge in [-0.25, -0.2) is 13.8 Å². The number of benzene rings is 1. The van der Waals surface area contributed by atoms with Crippen LogP contribution in [0.25, 0.3) is 5.69 Å². The third-order valence-corrected chi connectivity index (χ3v) is 2.55. The van der Waals surface area contributed by atoms with Gasteiger partial charge < -0.3 is 0 Å². The second-order valence-corrected chi connectivity index (χ2v) is 3.92. The van der Waals surface area contributed by atoms with Gasteiger partial charge in [0, 0.05) is 5.02 Å². The van der Waals surface area contributed by atoms with Crippen LogP contribution in [-0.4, -0.2) is 14.3 Å². The molecule has 96 valence electrons. The number of hydrogen-bond acceptors (Lipinski definition) is 2. The Hall–Kier alpha value is -1.76. The molecule has 2 rings (SSSR count). The average Bonchev–Trinajstić information content (AvgIpc) is 2.54. The molecule has 0 saturated heterocycles. The molecule has 0 bridgehead atoms. The highest BCUT2D eigenvalue weighted by Crippen LogP contribution is 2.17. The summed E-state index contributed by atoms with van der Waals surface area (Å²) in [5.41, 5.74) is -1.34. The van der Waals surface area contributed by atoms with E-state index in [0.717, 1.165) is 6.07 Å². The lowest BCUT2D eigenvalue weighted by atomic mass is 10.3. The van der Waals surface area contributed by atoms with E-state index in [4.69, 9.17) is 11.6 Å². The maximum absolute atomic E-state index is 13.6. The molecule has 0 saturated carbocycles. The van der Waals surface area contributed by atoms with Crippen LogP contribution in [0.4, 0.5) is 13.2 Å². The zero-order valence-corrected chi connectivity index (χ0v) is 9.83. The van der Waals surface area contributed by atoms with Crippen LogP contribution in [0.15, 0.2) is 23.0 Å². The van der Waals surface area contributed by atoms with Gasteiger partial charge in [-0.3, -0.25) is 0 Å². The minimum Gasteiger partial charge on any atom is -0.245 e. The second-order valence-electron chi connectivity index (χ2n) is 3.48. The van der Waals surface area contributed by atoms with Gasteiger partial charge >= 0.3 is 12.2 Å². The molecule has 1 aromatic heterocycles. The molecule has 0 aliphatic carbocycles. The van der Waals surface area contributed by atoms with Gasteiger partial charge in [0.2, 0.25) is 0 Å². The number of alkyl halides is 2. The molecule has 0 N–H and O–H groups in total. The lowest BCUT2D eigenvalue weighted by Crippen LogP contribution is -2.25. The van der Waals surface area contributed by atoms with E-state index in [1.54, 1.807) is 0 Å². The molecule has 0 radical (unpaired) electrons. The van der Waals surface area contributed by atoms with E-state index in [1.165, 1.54) is 19.1 Å². The van der Waals surface area contributed by atoms with Crippen molar-refractivity contribution in [1.82, 2.24) is 14.3 Å². The SMILES string of the molecule is Cc1nn(-c2ccc(Cl)cc2F)c(=O)n1C(F)F. The first-order chi connectivity index (χ1) is 8.41. The van der Waals surface area contributed by atoms with Crippen LogP contribution < -0.4 is 5.69 Å². The standard InChI is InChI=1S/C10H7ClF3N3O/c1-5-15-17(10(18)16(5)9(13)14)8-3-2-6(11)4-7(8)12/h2-4,9H,1H3. The Morgan fingerprint density at radius 2 is 2.06 bits per heavy atom. The maximum Gasteiger partial charge on any atom is 0.355 e. The van der Waals surface area contributed by atoms with E-state index in [1.807, 2.05) is 0 Å². The molecule has 4 nitrogen and oxygen atoms in total. The summed E-state index contributed by atoms with van der Waals surface area (Å²) in [6, 6.07) is 3.50. The normalized spacial score (nSPS) is 11.2. The summed E-state index contributed by atoms with van der Waals surface area (Å²) >= 11 is 5.56. The largest absolute Gasteiger partial charge is 0.355 e. The van der Waals surface area contributed by atoms with Gasteiger partial charge in [0.25, 0.3) is 0 Å². The minimum atomic E-state index is -3.03. The van der Waals surface area contributed by atoms with Crippen LogP contribution in [0.3, 0.4) is 0 Å². The second kappa shape index (κ2) is 4.49. The maximum atomic E-state index is 13.6. The molecular formula is C10H7ClF3N3O. The molecular weight excluding hydrogens is 271 g/mol. The van der Waals surface area contributed by atoms with E-state index >= 15 is 0 Å². The van der Waals surface area contributed by atoms with Crippen LogP contribution in [0.5, 0.6) is 0 Å². The summed E-state index contributed by atoms with van der Waals surface area (Å²) in [6.45, 7) is -1.79. The summed E-state index contributed by atoms with van der Waals surface area (Å²) in [7, 11) is 0. The summed E-state index contributed by atoms with van der Waals surface area (Å²) in [4.78, 5) is 11.7. The first kappa shape index (κ1) is 12.7. The molecule has 0 unspecified atom stereocenters. The van der Waals surface area contributed by atoms with Crippen molar-refractivity contribution in [2.75, 3.05) is 0 Å². The van der Waals surface area contributed by atoms with Crippen molar-refractivity contribution in [3.63, 3.8) is 0 Å². The lowest BCUT2D eigenvalue weighted by Gasteiger charge is -2.01. The van der Waals surface area contributed by atoms with E-state index in [0.29, 0.717) is 4.68 Å². The highest BCUT2D eigenvalue weighted by atomic mass is 35.5. The first-order valence-electron chi connectivity index (χ1n) is 4.83. The average molecular weight is 278 g/mol. The number of rotatable bonds is 2. The third-order valence-electron chi connectivity index (χ3n) is 2.31. The van der Waals surface area contributed by atoms with Crippen LogP contribution in [0, 0.1) is 12.7 Å². The molecule has 0 atom stereocenters. The number of halogens is 4. The Labute approximate surface area is 104 Å². The highest BCUT2D eigenvalue weighted by molar-refractivity contribution is 6.30. The predicted molar refractivity (Wildman–Crippen MR) is 58.8 cm³/mol. The predicted octanol–water partition coefficient (Wildman–Crippen LogP) is 2.53. The summed E-state index contributed by atoms with van der Waals surface area (Å²) in [5, 5.41) is 3.73. The number of aromatic nitrogens is 3. The first-order valence-corrected chi connectivity index (χ1v) is 5.21. The Morgan fingerprint density at radius 3 is 2.56 bits per heavy atom. The van der Waals surface area contributed by atoms with Gasteiger partial charge in [-0.1, -0.05) is 11.6 Å². The molecule has 0 amide bonds. The van der Waals surface area contributed by atoms with Crippen molar-refractivity contribution in [1.29, 1.82) is 0 Å². The number of aryl methyl sites for hydroxylation is 1. The van der Waals surface area contributed by atoms with Gasteiger partial charge in [-0.15, -0.1) is 5.10 Å². The van der Waals surface area contributed by atoms with Crippen molar-refractivity contribution in [3.05, 3.63) is 45.3 Å². The summed E-state index contributed by atoms with van der Waals surface area (Å²) < 4.78 is 39.5. The smallest absolute Gasteiger partial charge is 0.245 e. The van der Waals surface area contributed by atoms with Gasteiger partial charge in [0.15, 0.2) is 5.82 Å².